The fourth-order valence-electron chi connectivity index (χ4n) is 6.06. The van der Waals surface area contributed by atoms with Gasteiger partial charge in [0.2, 0.25) is 0 Å². The Morgan fingerprint density at radius 2 is 1.02 bits per heavy atom. The molecule has 0 radical (unpaired) electrons. The number of fused-ring (bicyclic) bond motifs is 5. The summed E-state index contributed by atoms with van der Waals surface area (Å²) < 4.78 is 17.4. The SMILES string of the molecule is C.C.C.C.C.C.Cc1ccc(C(O)c2cccc3ccccc23)cc1.Cc1ccc([B-]23OCC(C)(CO2)CO3)cc1.O=Cc1cccc2ccccc12.[K+]. The van der Waals surface area contributed by atoms with Crippen molar-refractivity contribution in [1.82, 2.24) is 0 Å². The van der Waals surface area contributed by atoms with Crippen LogP contribution in [0.4, 0.5) is 0 Å². The van der Waals surface area contributed by atoms with E-state index in [2.05, 4.69) is 44.2 Å². The van der Waals surface area contributed by atoms with Crippen LogP contribution in [0.25, 0.3) is 21.5 Å². The molecule has 54 heavy (non-hydrogen) atoms. The number of carbonyl (C=O) groups excluding carboxylic acids is 1. The molecule has 3 fully saturated rings. The number of aldehydes is 1. The Labute approximate surface area is 369 Å². The van der Waals surface area contributed by atoms with E-state index in [-0.39, 0.29) is 101 Å². The number of rotatable bonds is 4. The van der Waals surface area contributed by atoms with E-state index in [0.29, 0.717) is 0 Å². The van der Waals surface area contributed by atoms with Crippen molar-refractivity contribution in [2.45, 2.75) is 71.4 Å². The summed E-state index contributed by atoms with van der Waals surface area (Å²) in [6, 6.07) is 44.0. The van der Waals surface area contributed by atoms with Crippen LogP contribution >= 0.6 is 0 Å². The van der Waals surface area contributed by atoms with Gasteiger partial charge in [-0.2, -0.15) is 0 Å². The van der Waals surface area contributed by atoms with Crippen LogP contribution in [0.5, 0.6) is 0 Å². The second kappa shape index (κ2) is 23.9. The molecule has 3 heterocycles. The molecule has 9 rings (SSSR count). The minimum absolute atomic E-state index is 0. The first-order chi connectivity index (χ1) is 22.8. The van der Waals surface area contributed by atoms with Gasteiger partial charge in [-0.05, 0) is 46.5 Å². The van der Waals surface area contributed by atoms with Gasteiger partial charge in [-0.25, -0.2) is 0 Å². The molecule has 0 aromatic heterocycles. The van der Waals surface area contributed by atoms with Crippen molar-refractivity contribution in [3.05, 3.63) is 161 Å². The Morgan fingerprint density at radius 3 is 1.54 bits per heavy atom. The van der Waals surface area contributed by atoms with Gasteiger partial charge in [-0.15, -0.1) is 5.46 Å². The third-order valence-corrected chi connectivity index (χ3v) is 8.90. The molecule has 286 valence electrons. The minimum Gasteiger partial charge on any atom is -0.540 e. The van der Waals surface area contributed by atoms with Crippen LogP contribution in [0.3, 0.4) is 0 Å². The monoisotopic (exact) mass is 758 g/mol. The molecule has 5 nitrogen and oxygen atoms in total. The maximum Gasteiger partial charge on any atom is 1.00 e. The van der Waals surface area contributed by atoms with E-state index in [1.807, 2.05) is 110 Å². The van der Waals surface area contributed by atoms with Crippen LogP contribution in [-0.2, 0) is 14.0 Å². The van der Waals surface area contributed by atoms with E-state index in [1.165, 1.54) is 11.1 Å². The van der Waals surface area contributed by atoms with Crippen LogP contribution in [0.15, 0.2) is 133 Å². The predicted octanol–water partition coefficient (Wildman–Crippen LogP) is 8.93. The topological polar surface area (TPSA) is 65.0 Å². The Bertz CT molecular complexity index is 1940. The molecule has 1 unspecified atom stereocenters. The van der Waals surface area contributed by atoms with Crippen molar-refractivity contribution < 1.29 is 75.2 Å². The summed E-state index contributed by atoms with van der Waals surface area (Å²) in [6.07, 6.45) is 0.314. The number of benzene rings is 6. The average Bonchev–Trinajstić information content (AvgIpc) is 3.12. The van der Waals surface area contributed by atoms with Gasteiger partial charge in [0.05, 0.1) is 0 Å². The van der Waals surface area contributed by atoms with E-state index in [9.17, 15) is 9.90 Å². The summed E-state index contributed by atoms with van der Waals surface area (Å²) >= 11 is 0. The van der Waals surface area contributed by atoms with Crippen LogP contribution in [-0.4, -0.2) is 38.0 Å². The molecule has 2 bridgehead atoms. The number of hydrogen-bond acceptors (Lipinski definition) is 5. The molecule has 6 aromatic rings. The zero-order chi connectivity index (χ0) is 32.9. The molecular formula is C47H64BKO5. The molecular weight excluding hydrogens is 694 g/mol. The number of hydrogen-bond donors (Lipinski definition) is 1. The van der Waals surface area contributed by atoms with Crippen LogP contribution in [0.2, 0.25) is 0 Å². The summed E-state index contributed by atoms with van der Waals surface area (Å²) in [5, 5.41) is 15.0. The fourth-order valence-corrected chi connectivity index (χ4v) is 6.06. The van der Waals surface area contributed by atoms with Crippen LogP contribution in [0.1, 0.15) is 90.2 Å². The van der Waals surface area contributed by atoms with E-state index in [4.69, 9.17) is 14.0 Å². The summed E-state index contributed by atoms with van der Waals surface area (Å²) in [5.41, 5.74) is 6.12. The maximum absolute atomic E-state index is 10.6. The van der Waals surface area contributed by atoms with E-state index >= 15 is 0 Å². The first kappa shape index (κ1) is 53.2. The third-order valence-electron chi connectivity index (χ3n) is 8.90. The van der Waals surface area contributed by atoms with Gasteiger partial charge in [-0.3, -0.25) is 4.79 Å². The van der Waals surface area contributed by atoms with E-state index in [1.54, 1.807) is 0 Å². The maximum atomic E-state index is 10.6. The standard InChI is InChI=1S/C18H16O.C12H16BO3.C11H8O.6CH4.K/c1-13-9-11-15(12-10-13)18(19)17-8-4-6-14-5-2-3-7-16(14)17;1-10-3-5-11(6-4-10)13-14-7-12(2,8-15-13)9-16-13;12-8-10-6-3-5-9-4-1-2-7-11(9)10;;;;;;;/h2-12,18-19H,1H3;3-6H,7-9H2,1-2H3;1-8H;6*1H4;/q;-1;;;;;;;;+1. The Morgan fingerprint density at radius 1 is 0.593 bits per heavy atom. The number of aliphatic hydroxyl groups is 1. The predicted molar refractivity (Wildman–Crippen MR) is 231 cm³/mol. The number of aliphatic hydroxyl groups excluding tert-OH is 1. The van der Waals surface area contributed by atoms with Crippen molar-refractivity contribution >= 4 is 40.0 Å². The average molecular weight is 759 g/mol. The minimum atomic E-state index is -1.67. The molecule has 1 atom stereocenters. The van der Waals surface area contributed by atoms with Crippen molar-refractivity contribution in [2.75, 3.05) is 19.8 Å². The Kier molecular flexibility index (Phi) is 23.5. The molecule has 1 N–H and O–H groups in total. The molecule has 3 aliphatic heterocycles. The van der Waals surface area contributed by atoms with Gasteiger partial charge in [-0.1, -0.05) is 196 Å². The zero-order valence-electron chi connectivity index (χ0n) is 28.1. The summed E-state index contributed by atoms with van der Waals surface area (Å²) in [4.78, 5) is 10.6. The van der Waals surface area contributed by atoms with Gasteiger partial charge in [0, 0.05) is 30.8 Å². The molecule has 3 aliphatic rings. The van der Waals surface area contributed by atoms with Crippen LogP contribution < -0.4 is 56.8 Å². The fraction of sp³-hybridized carbons (Fsp3) is 0.298. The van der Waals surface area contributed by atoms with Gasteiger partial charge < -0.3 is 19.1 Å². The third kappa shape index (κ3) is 12.3. The largest absolute Gasteiger partial charge is 1.00 e. The Hall–Kier alpha value is -2.95. The normalized spacial score (nSPS) is 17.8. The first-order valence-electron chi connectivity index (χ1n) is 16.1. The summed E-state index contributed by atoms with van der Waals surface area (Å²) in [7, 11) is 0. The molecule has 0 saturated carbocycles. The van der Waals surface area contributed by atoms with E-state index in [0.717, 1.165) is 69.8 Å². The van der Waals surface area contributed by atoms with Crippen molar-refractivity contribution in [3.63, 3.8) is 0 Å². The van der Waals surface area contributed by atoms with Gasteiger partial charge in [0.1, 0.15) is 6.10 Å². The molecule has 0 aliphatic carbocycles. The number of aryl methyl sites for hydroxylation is 2. The van der Waals surface area contributed by atoms with Crippen molar-refractivity contribution in [3.8, 4) is 0 Å². The number of carbonyl (C=O) groups is 1. The molecule has 7 heteroatoms. The van der Waals surface area contributed by atoms with Gasteiger partial charge in [0.25, 0.3) is 0 Å². The van der Waals surface area contributed by atoms with Crippen LogP contribution in [0, 0.1) is 19.3 Å². The molecule has 3 saturated heterocycles. The summed E-state index contributed by atoms with van der Waals surface area (Å²) in [5.74, 6) is 0. The Balaban J connectivity index is 0. The molecule has 0 spiro atoms. The van der Waals surface area contributed by atoms with E-state index < -0.39 is 12.9 Å². The second-order valence-electron chi connectivity index (χ2n) is 12.9. The van der Waals surface area contributed by atoms with Gasteiger partial charge in [0.15, 0.2) is 6.29 Å². The zero-order valence-corrected chi connectivity index (χ0v) is 31.3. The van der Waals surface area contributed by atoms with Crippen molar-refractivity contribution in [2.24, 2.45) is 5.41 Å². The quantitative estimate of drug-likeness (QED) is 0.144. The first-order valence-corrected chi connectivity index (χ1v) is 16.1. The van der Waals surface area contributed by atoms with Crippen molar-refractivity contribution in [1.29, 1.82) is 0 Å². The second-order valence-corrected chi connectivity index (χ2v) is 12.9. The summed E-state index contributed by atoms with van der Waals surface area (Å²) in [6.45, 7) is 6.74. The molecule has 6 aromatic carbocycles. The van der Waals surface area contributed by atoms with Gasteiger partial charge >= 0.3 is 58.1 Å². The molecule has 0 amide bonds. The smallest absolute Gasteiger partial charge is 0.540 e.